The van der Waals surface area contributed by atoms with E-state index in [1.54, 1.807) is 0 Å². The van der Waals surface area contributed by atoms with Crippen LogP contribution in [0.1, 0.15) is 96.0 Å². The van der Waals surface area contributed by atoms with E-state index in [-0.39, 0.29) is 95.5 Å². The lowest BCUT2D eigenvalue weighted by Gasteiger charge is -2.36. The molecule has 53 heteroatoms. The van der Waals surface area contributed by atoms with Gasteiger partial charge in [-0.15, -0.1) is 0 Å². The number of nitrogens with two attached hydrogens (primary N) is 2. The Morgan fingerprint density at radius 1 is 0.570 bits per heavy atom. The third-order valence-electron chi connectivity index (χ3n) is 13.1. The first-order chi connectivity index (χ1) is 44.3. The van der Waals surface area contributed by atoms with Gasteiger partial charge >= 0.3 is 0 Å². The number of aliphatic hydroxyl groups excluding tert-OH is 4. The third-order valence-corrected chi connectivity index (χ3v) is 19.4. The topological polar surface area (TPSA) is 716 Å². The highest BCUT2D eigenvalue weighted by molar-refractivity contribution is 7.80. The van der Waals surface area contributed by atoms with Crippen molar-refractivity contribution >= 4 is 117 Å². The van der Waals surface area contributed by atoms with Crippen LogP contribution in [0.4, 0.5) is 11.6 Å². The number of amides is 4. The van der Waals surface area contributed by atoms with Crippen LogP contribution in [-0.2, 0) is 91.8 Å². The van der Waals surface area contributed by atoms with Gasteiger partial charge in [0.2, 0.25) is 23.6 Å². The van der Waals surface area contributed by atoms with Crippen molar-refractivity contribution < 1.29 is 151 Å². The molecule has 2 aliphatic heterocycles. The van der Waals surface area contributed by atoms with Crippen LogP contribution in [0.25, 0.3) is 22.3 Å². The summed E-state index contributed by atoms with van der Waals surface area (Å²) in [5.74, 6) is -2.44. The number of phosphoric ester groups is 6. The zero-order valence-electron chi connectivity index (χ0n) is 50.7. The molecule has 14 unspecified atom stereocenters. The summed E-state index contributed by atoms with van der Waals surface area (Å²) in [5.41, 5.74) is 8.23. The number of carbonyl (C=O) groups excluding carboxylic acids is 4. The number of fused-ring (bicyclic) bond motifs is 2. The van der Waals surface area contributed by atoms with Gasteiger partial charge in [0, 0.05) is 55.6 Å². The van der Waals surface area contributed by atoms with Crippen molar-refractivity contribution in [1.29, 1.82) is 0 Å². The van der Waals surface area contributed by atoms with E-state index in [1.165, 1.54) is 27.7 Å². The molecule has 576 valence electrons. The molecule has 12 N–H and O–H groups in total. The van der Waals surface area contributed by atoms with Crippen molar-refractivity contribution in [2.24, 2.45) is 10.8 Å². The zero-order chi connectivity index (χ0) is 72.2. The van der Waals surface area contributed by atoms with Gasteiger partial charge in [0.15, 0.2) is 35.4 Å². The maximum atomic E-state index is 12.4. The van der Waals surface area contributed by atoms with Crippen LogP contribution in [0.3, 0.4) is 0 Å². The first kappa shape index (κ1) is 93.4. The molecule has 4 aromatic rings. The minimum absolute atomic E-state index is 0. The smallest absolute Gasteiger partial charge is 0.274 e. The van der Waals surface area contributed by atoms with E-state index >= 15 is 0 Å². The van der Waals surface area contributed by atoms with Gasteiger partial charge in [-0.1, -0.05) is 64.3 Å². The second kappa shape index (κ2) is 39.0. The molecular weight excluding hydrogens is 1490 g/mol. The SMILES string of the molecule is C.C.C.C.CC(C)(COP(=O)([O-])OP(=O)([O-])OCC1OC(n2cnc3c(N)ncnc32)C(O)C1OP(=O)([O-])[O-])C(O)C(=O)NCCC(=O)NCCS.CCCNC(=O)CCNC(=O)C(O)C(C)(C)COP(=O)([O-])OP(=O)([O-])OCC1OC(n2cnc3c(N)ncnc32)C(O)C1OP(=O)([O-])[O-]. The number of rotatable bonds is 36. The predicted molar refractivity (Wildman–Crippen MR) is 333 cm³/mol. The zero-order valence-corrected chi connectivity index (χ0v) is 56.9. The maximum absolute atomic E-state index is 12.4. The molecule has 0 spiro atoms. The normalized spacial score (nSPS) is 22.4. The number of thiol groups is 1. The van der Waals surface area contributed by atoms with Crippen molar-refractivity contribution in [3.05, 3.63) is 25.3 Å². The lowest BCUT2D eigenvalue weighted by molar-refractivity contribution is -0.348. The van der Waals surface area contributed by atoms with Crippen LogP contribution in [-0.4, -0.2) is 190 Å². The largest absolute Gasteiger partial charge is 0.790 e. The molecule has 4 amide bonds. The average molecular weight is 1570 g/mol. The van der Waals surface area contributed by atoms with Gasteiger partial charge in [-0.05, 0) is 6.42 Å². The molecule has 0 bridgehead atoms. The number of hydrogen-bond donors (Lipinski definition) is 11. The van der Waals surface area contributed by atoms with Gasteiger partial charge in [-0.2, -0.15) is 12.6 Å². The molecule has 2 fully saturated rings. The van der Waals surface area contributed by atoms with E-state index in [0.717, 1.165) is 34.4 Å². The maximum Gasteiger partial charge on any atom is 0.274 e. The molecule has 0 aromatic carbocycles. The fraction of sp³-hybridized carbons (Fsp3) is 0.702. The molecule has 100 heavy (non-hydrogen) atoms. The average Bonchev–Trinajstić information content (AvgIpc) is 1.69. The fourth-order valence-electron chi connectivity index (χ4n) is 8.29. The summed E-state index contributed by atoms with van der Waals surface area (Å²) in [6.45, 7) is 2.69. The van der Waals surface area contributed by atoms with Crippen LogP contribution in [0.2, 0.25) is 0 Å². The van der Waals surface area contributed by atoms with Crippen molar-refractivity contribution in [1.82, 2.24) is 60.3 Å². The Morgan fingerprint density at radius 3 is 1.24 bits per heavy atom. The van der Waals surface area contributed by atoms with E-state index in [4.69, 9.17) is 20.9 Å². The second-order valence-electron chi connectivity index (χ2n) is 21.7. The molecule has 2 aliphatic rings. The van der Waals surface area contributed by atoms with E-state index in [0.29, 0.717) is 25.3 Å². The number of nitrogen functional groups attached to an aromatic ring is 2. The van der Waals surface area contributed by atoms with Crippen molar-refractivity contribution in [2.45, 2.75) is 145 Å². The van der Waals surface area contributed by atoms with Gasteiger partial charge in [0.25, 0.3) is 31.3 Å². The number of imidazole rings is 2. The fourth-order valence-corrected chi connectivity index (χ4v) is 13.9. The summed E-state index contributed by atoms with van der Waals surface area (Å²) >= 11 is 3.94. The van der Waals surface area contributed by atoms with Gasteiger partial charge < -0.3 is 138 Å². The van der Waals surface area contributed by atoms with Gasteiger partial charge in [-0.25, -0.2) is 38.5 Å². The summed E-state index contributed by atoms with van der Waals surface area (Å²) in [6.07, 6.45) is -14.1. The number of carbonyl (C=O) groups is 4. The highest BCUT2D eigenvalue weighted by Gasteiger charge is 2.49. The molecule has 6 rings (SSSR count). The van der Waals surface area contributed by atoms with Crippen molar-refractivity contribution in [3.63, 3.8) is 0 Å². The van der Waals surface area contributed by atoms with Gasteiger partial charge in [-0.3, -0.25) is 46.6 Å². The first-order valence-electron chi connectivity index (χ1n) is 27.6. The van der Waals surface area contributed by atoms with Crippen LogP contribution in [0.15, 0.2) is 25.3 Å². The first-order valence-corrected chi connectivity index (χ1v) is 37.0. The molecule has 14 atom stereocenters. The van der Waals surface area contributed by atoms with E-state index in [1.807, 2.05) is 6.92 Å². The Bertz CT molecular complexity index is 3420. The summed E-state index contributed by atoms with van der Waals surface area (Å²) in [6, 6.07) is 0. The number of aliphatic hydroxyl groups is 4. The third kappa shape index (κ3) is 27.8. The molecule has 2 saturated heterocycles. The molecular formula is C47H82N14O32P6S-8. The van der Waals surface area contributed by atoms with Crippen LogP contribution in [0, 0.1) is 10.8 Å². The number of nitrogens with one attached hydrogen (secondary N) is 4. The number of anilines is 2. The lowest BCUT2D eigenvalue weighted by atomic mass is 9.87. The molecule has 46 nitrogen and oxygen atoms in total. The summed E-state index contributed by atoms with van der Waals surface area (Å²) in [7, 11) is -35.0. The molecule has 6 heterocycles. The predicted octanol–water partition coefficient (Wildman–Crippen LogP) is -5.36. The highest BCUT2D eigenvalue weighted by atomic mass is 32.1. The summed E-state index contributed by atoms with van der Waals surface area (Å²) < 4.78 is 120. The molecule has 0 radical (unpaired) electrons. The van der Waals surface area contributed by atoms with Crippen LogP contribution < -0.4 is 71.9 Å². The van der Waals surface area contributed by atoms with Crippen LogP contribution in [0.5, 0.6) is 0 Å². The van der Waals surface area contributed by atoms with Crippen molar-refractivity contribution in [2.75, 3.05) is 69.8 Å². The Morgan fingerprint density at radius 2 is 0.910 bits per heavy atom. The van der Waals surface area contributed by atoms with Gasteiger partial charge in [0.05, 0.1) is 54.7 Å². The lowest BCUT2D eigenvalue weighted by Crippen LogP contribution is -2.46. The Balaban J connectivity index is 0.000000962. The van der Waals surface area contributed by atoms with E-state index in [2.05, 4.69) is 99.6 Å². The monoisotopic (exact) mass is 1570 g/mol. The number of ether oxygens (including phenoxy) is 2. The Hall–Kier alpha value is -4.57. The minimum Gasteiger partial charge on any atom is -0.790 e. The second-order valence-corrected chi connectivity index (χ2v) is 30.3. The Labute approximate surface area is 577 Å². The summed E-state index contributed by atoms with van der Waals surface area (Å²) in [4.78, 5) is 166. The number of phosphoric acid groups is 6. The van der Waals surface area contributed by atoms with Crippen molar-refractivity contribution in [3.8, 4) is 0 Å². The number of nitrogens with zero attached hydrogens (tertiary/aromatic N) is 8. The number of hydrogen-bond acceptors (Lipinski definition) is 41. The van der Waals surface area contributed by atoms with E-state index < -0.39 is 163 Å². The number of aromatic nitrogens is 8. The quantitative estimate of drug-likeness (QED) is 0.0150. The highest BCUT2D eigenvalue weighted by Crippen LogP contribution is 2.58. The standard InChI is InChI=1S/C22H38N7O16P3.C21H36N7O16P3S.4CH4/c1-4-6-24-13(30)5-7-25-20(33)17(32)22(2,3)9-42-48(39,40)45-47(37,38)41-8-12-16(44-46(34,35)36)15(31)21(43-12)29-11-28-14-18(23)26-10-27-19(14)29;1-21(2,16(31)19(32)24-4-3-12(29)23-5-6-48)8-41-47(38,39)44-46(36,37)40-7-11-15(43-45(33,34)35)14(30)20(42-11)28-10-27-13-17(22)25-9-26-18(13)28;;;;/h10-12,15-17,21,31-32H,4-9H2,1-3H3,(H,24,30)(H,25,33)(H,37,38)(H,39,40)(H2,23,26,27)(H2,34,35,36);9-11,14-16,20,30-31,48H,3-8H2,1-2H3,(H,23,29)(H,24,32)(H,36,37)(H,38,39)(H2,22,25,26)(H2,33,34,35);4*1H4/p-8. The van der Waals surface area contributed by atoms with Gasteiger partial charge in [0.1, 0.15) is 72.5 Å². The minimum atomic E-state index is -5.88. The Kier molecular flexibility index (Phi) is 36.4. The molecule has 4 aromatic heterocycles. The molecule has 0 aliphatic carbocycles. The van der Waals surface area contributed by atoms with Crippen LogP contribution >= 0.6 is 59.6 Å². The summed E-state index contributed by atoms with van der Waals surface area (Å²) in [5, 5.41) is 51.9. The van der Waals surface area contributed by atoms with E-state index in [9.17, 15) is 106 Å². The molecule has 0 saturated carbocycles.